The number of hydrogen-bond acceptors (Lipinski definition) is 6. The standard InChI is InChI=1S/C20H14BrN3O.C19H22BNO3.C7H4Br2N2/c21-17-12-19(24-13-22-11-10-18(17)24)14-6-8-15(9-7-14)20(25)23-16-4-2-1-3-5-16;1-18(2)19(3,4)24-20(23-18)15-12-10-14(11-13-15)17(22)21-16-8-6-5-7-9-16;8-5-3-7(9)11-4-10-2-1-6(5)11/h1-13H,(H,23,25);5-13H,1-4H3,(H,21,22);1-4H. The fraction of sp³-hybridized carbons (Fsp3) is 0.130. The first-order chi connectivity index (χ1) is 28.8. The van der Waals surface area contributed by atoms with E-state index in [0.29, 0.717) is 11.1 Å². The minimum absolute atomic E-state index is 0.124. The Morgan fingerprint density at radius 3 is 1.53 bits per heavy atom. The summed E-state index contributed by atoms with van der Waals surface area (Å²) in [4.78, 5) is 32.8. The van der Waals surface area contributed by atoms with Gasteiger partial charge in [-0.1, -0.05) is 60.7 Å². The number of nitrogens with one attached hydrogen (secondary N) is 2. The van der Waals surface area contributed by atoms with Gasteiger partial charge in [0.05, 0.1) is 45.2 Å². The fourth-order valence-corrected chi connectivity index (χ4v) is 8.12. The Morgan fingerprint density at radius 2 is 1.03 bits per heavy atom. The lowest BCUT2D eigenvalue weighted by molar-refractivity contribution is 0.00578. The second-order valence-electron chi connectivity index (χ2n) is 14.8. The van der Waals surface area contributed by atoms with Crippen LogP contribution in [-0.4, -0.2) is 48.9 Å². The molecule has 0 aliphatic carbocycles. The molecule has 9 rings (SSSR count). The molecule has 0 radical (unpaired) electrons. The van der Waals surface area contributed by atoms with Crippen molar-refractivity contribution in [3.63, 3.8) is 0 Å². The number of hydrogen-bond donors (Lipinski definition) is 2. The van der Waals surface area contributed by atoms with Crippen molar-refractivity contribution in [2.24, 2.45) is 0 Å². The number of carbonyl (C=O) groups excluding carboxylic acids is 2. The molecule has 60 heavy (non-hydrogen) atoms. The summed E-state index contributed by atoms with van der Waals surface area (Å²) < 4.78 is 19.1. The van der Waals surface area contributed by atoms with Gasteiger partial charge in [-0.25, -0.2) is 9.97 Å². The molecule has 2 N–H and O–H groups in total. The van der Waals surface area contributed by atoms with E-state index in [1.807, 2.05) is 152 Å². The van der Waals surface area contributed by atoms with Crippen molar-refractivity contribution in [2.45, 2.75) is 38.9 Å². The van der Waals surface area contributed by atoms with E-state index in [1.54, 1.807) is 37.2 Å². The maximum atomic E-state index is 12.3. The molecule has 4 aromatic carbocycles. The summed E-state index contributed by atoms with van der Waals surface area (Å²) in [7, 11) is -0.416. The number of fused-ring (bicyclic) bond motifs is 2. The van der Waals surface area contributed by atoms with E-state index >= 15 is 0 Å². The van der Waals surface area contributed by atoms with Crippen LogP contribution in [0.3, 0.4) is 0 Å². The minimum Gasteiger partial charge on any atom is -0.399 e. The number of amides is 2. The van der Waals surface area contributed by atoms with Crippen LogP contribution < -0.4 is 16.1 Å². The van der Waals surface area contributed by atoms with Crippen molar-refractivity contribution in [3.05, 3.63) is 183 Å². The van der Waals surface area contributed by atoms with Crippen LogP contribution in [0.4, 0.5) is 11.4 Å². The zero-order chi connectivity index (χ0) is 42.4. The number of anilines is 2. The van der Waals surface area contributed by atoms with Gasteiger partial charge >= 0.3 is 7.12 Å². The van der Waals surface area contributed by atoms with Crippen molar-refractivity contribution in [2.75, 3.05) is 10.6 Å². The molecule has 8 aromatic rings. The molecule has 1 saturated heterocycles. The van der Waals surface area contributed by atoms with Gasteiger partial charge in [-0.3, -0.25) is 18.4 Å². The number of rotatable bonds is 6. The number of nitrogens with zero attached hydrogens (tertiary/aromatic N) is 4. The van der Waals surface area contributed by atoms with Crippen LogP contribution in [0.2, 0.25) is 0 Å². The molecular formula is C46H40BBr3N6O4. The molecule has 4 aromatic heterocycles. The van der Waals surface area contributed by atoms with E-state index in [4.69, 9.17) is 9.31 Å². The van der Waals surface area contributed by atoms with E-state index in [2.05, 4.69) is 74.5 Å². The Hall–Kier alpha value is -5.38. The predicted molar refractivity (Wildman–Crippen MR) is 250 cm³/mol. The summed E-state index contributed by atoms with van der Waals surface area (Å²) in [6.45, 7) is 8.09. The molecule has 0 atom stereocenters. The first-order valence-electron chi connectivity index (χ1n) is 18.9. The summed E-state index contributed by atoms with van der Waals surface area (Å²) in [6, 6.07) is 41.7. The van der Waals surface area contributed by atoms with Gasteiger partial charge in [0.1, 0.15) is 0 Å². The Bertz CT molecular complexity index is 2690. The molecule has 10 nitrogen and oxygen atoms in total. The Labute approximate surface area is 373 Å². The smallest absolute Gasteiger partial charge is 0.399 e. The molecule has 0 spiro atoms. The van der Waals surface area contributed by atoms with Crippen LogP contribution >= 0.6 is 47.8 Å². The highest BCUT2D eigenvalue weighted by Gasteiger charge is 2.51. The zero-order valence-electron chi connectivity index (χ0n) is 33.1. The number of halogens is 3. The summed E-state index contributed by atoms with van der Waals surface area (Å²) >= 11 is 10.4. The lowest BCUT2D eigenvalue weighted by Gasteiger charge is -2.32. The highest BCUT2D eigenvalue weighted by Crippen LogP contribution is 2.36. The largest absolute Gasteiger partial charge is 0.494 e. The number of benzene rings is 4. The maximum Gasteiger partial charge on any atom is 0.494 e. The molecule has 14 heteroatoms. The predicted octanol–water partition coefficient (Wildman–Crippen LogP) is 11.1. The first kappa shape index (κ1) is 42.7. The second kappa shape index (κ2) is 18.5. The van der Waals surface area contributed by atoms with Gasteiger partial charge in [-0.15, -0.1) is 0 Å². The second-order valence-corrected chi connectivity index (χ2v) is 17.3. The van der Waals surface area contributed by atoms with Gasteiger partial charge in [0.2, 0.25) is 0 Å². The molecular weight excluding hydrogens is 951 g/mol. The third-order valence-electron chi connectivity index (χ3n) is 10.2. The number of aromatic nitrogens is 4. The maximum absolute atomic E-state index is 12.3. The van der Waals surface area contributed by atoms with Gasteiger partial charge in [0, 0.05) is 43.8 Å². The first-order valence-corrected chi connectivity index (χ1v) is 21.3. The zero-order valence-corrected chi connectivity index (χ0v) is 37.9. The molecule has 5 heterocycles. The van der Waals surface area contributed by atoms with Crippen LogP contribution in [0.5, 0.6) is 0 Å². The highest BCUT2D eigenvalue weighted by atomic mass is 79.9. The molecule has 1 aliphatic heterocycles. The third-order valence-corrected chi connectivity index (χ3v) is 12.1. The van der Waals surface area contributed by atoms with Crippen molar-refractivity contribution in [1.29, 1.82) is 0 Å². The van der Waals surface area contributed by atoms with Crippen molar-refractivity contribution in [3.8, 4) is 11.3 Å². The lowest BCUT2D eigenvalue weighted by atomic mass is 9.79. The topological polar surface area (TPSA) is 111 Å². The lowest BCUT2D eigenvalue weighted by Crippen LogP contribution is -2.41. The third kappa shape index (κ3) is 9.80. The van der Waals surface area contributed by atoms with Crippen LogP contribution in [0.15, 0.2) is 172 Å². The van der Waals surface area contributed by atoms with Crippen LogP contribution in [0.1, 0.15) is 48.4 Å². The molecule has 1 aliphatic rings. The molecule has 1 fully saturated rings. The SMILES string of the molecule is Brc1cc(Br)n2cnccc12.CC1(C)OB(c2ccc(C(=O)Nc3ccccc3)cc2)OC1(C)C.O=C(Nc1ccccc1)c1ccc(-c2cc(Br)c3ccncn23)cc1. The van der Waals surface area contributed by atoms with Crippen molar-refractivity contribution in [1.82, 2.24) is 18.8 Å². The highest BCUT2D eigenvalue weighted by molar-refractivity contribution is 9.11. The Morgan fingerprint density at radius 1 is 0.583 bits per heavy atom. The average molecular weight is 991 g/mol. The van der Waals surface area contributed by atoms with E-state index in [-0.39, 0.29) is 23.0 Å². The molecule has 0 saturated carbocycles. The number of carbonyl (C=O) groups is 2. The Kier molecular flexibility index (Phi) is 13.2. The molecule has 0 bridgehead atoms. The van der Waals surface area contributed by atoms with Gasteiger partial charge in [-0.2, -0.15) is 0 Å². The van der Waals surface area contributed by atoms with Gasteiger partial charge < -0.3 is 19.9 Å². The quantitative estimate of drug-likeness (QED) is 0.161. The van der Waals surface area contributed by atoms with Crippen molar-refractivity contribution >= 4 is 94.6 Å². The molecule has 2 amide bonds. The van der Waals surface area contributed by atoms with Gasteiger partial charge in [0.15, 0.2) is 0 Å². The van der Waals surface area contributed by atoms with E-state index in [9.17, 15) is 9.59 Å². The average Bonchev–Trinajstić information content (AvgIpc) is 3.83. The van der Waals surface area contributed by atoms with Crippen LogP contribution in [0.25, 0.3) is 22.3 Å². The van der Waals surface area contributed by atoms with Crippen molar-refractivity contribution < 1.29 is 18.9 Å². The van der Waals surface area contributed by atoms with E-state index in [1.165, 1.54) is 0 Å². The summed E-state index contributed by atoms with van der Waals surface area (Å²) in [5.41, 5.74) is 7.14. The summed E-state index contributed by atoms with van der Waals surface area (Å²) in [5, 5.41) is 5.76. The van der Waals surface area contributed by atoms with Gasteiger partial charge in [0.25, 0.3) is 11.8 Å². The Balaban J connectivity index is 0.000000146. The van der Waals surface area contributed by atoms with E-state index < -0.39 is 7.12 Å². The monoisotopic (exact) mass is 988 g/mol. The normalized spacial score (nSPS) is 13.8. The van der Waals surface area contributed by atoms with Crippen LogP contribution in [0, 0.1) is 0 Å². The van der Waals surface area contributed by atoms with E-state index in [0.717, 1.165) is 52.7 Å². The molecule has 302 valence electrons. The fourth-order valence-electron chi connectivity index (χ4n) is 6.22. The minimum atomic E-state index is -0.416. The van der Waals surface area contributed by atoms with Gasteiger partial charge in [-0.05, 0) is 159 Å². The molecule has 0 unspecified atom stereocenters. The van der Waals surface area contributed by atoms with Crippen LogP contribution in [-0.2, 0) is 9.31 Å². The summed E-state index contributed by atoms with van der Waals surface area (Å²) in [6.07, 6.45) is 7.09. The summed E-state index contributed by atoms with van der Waals surface area (Å²) in [5.74, 6) is -0.262. The number of para-hydroxylation sites is 2.